The van der Waals surface area contributed by atoms with Crippen LogP contribution in [0.1, 0.15) is 12.8 Å². The lowest BCUT2D eigenvalue weighted by atomic mass is 9.91. The minimum atomic E-state index is -0.0197. The Morgan fingerprint density at radius 1 is 1.36 bits per heavy atom. The Balaban J connectivity index is 2.03. The molecule has 4 heteroatoms. The zero-order valence-electron chi connectivity index (χ0n) is 6.44. The Labute approximate surface area is 65.7 Å². The van der Waals surface area contributed by atoms with Gasteiger partial charge in [0, 0.05) is 13.1 Å². The smallest absolute Gasteiger partial charge is 0.315 e. The van der Waals surface area contributed by atoms with Crippen molar-refractivity contribution in [2.75, 3.05) is 19.6 Å². The Morgan fingerprint density at radius 2 is 2.27 bits per heavy atom. The van der Waals surface area contributed by atoms with Gasteiger partial charge in [-0.2, -0.15) is 0 Å². The Hall–Kier alpha value is -0.770. The zero-order valence-corrected chi connectivity index (χ0v) is 6.44. The van der Waals surface area contributed by atoms with Crippen LogP contribution < -0.4 is 16.0 Å². The van der Waals surface area contributed by atoms with Crippen molar-refractivity contribution in [3.8, 4) is 0 Å². The molecule has 2 aliphatic rings. The Kier molecular flexibility index (Phi) is 1.49. The monoisotopic (exact) mass is 155 g/mol. The summed E-state index contributed by atoms with van der Waals surface area (Å²) in [5, 5.41) is 9.03. The van der Waals surface area contributed by atoms with E-state index in [0.29, 0.717) is 0 Å². The maximum absolute atomic E-state index is 10.9. The number of rotatable bonds is 0. The predicted octanol–water partition coefficient (Wildman–Crippen LogP) is -0.579. The summed E-state index contributed by atoms with van der Waals surface area (Å²) in [5.41, 5.74) is 0.0231. The fourth-order valence-corrected chi connectivity index (χ4v) is 1.80. The van der Waals surface area contributed by atoms with E-state index in [1.54, 1.807) is 0 Å². The number of hydrogen-bond acceptors (Lipinski definition) is 2. The van der Waals surface area contributed by atoms with Crippen molar-refractivity contribution in [2.45, 2.75) is 18.4 Å². The fourth-order valence-electron chi connectivity index (χ4n) is 1.80. The van der Waals surface area contributed by atoms with Crippen LogP contribution in [0.4, 0.5) is 4.79 Å². The van der Waals surface area contributed by atoms with Gasteiger partial charge in [0.1, 0.15) is 0 Å². The molecule has 4 nitrogen and oxygen atoms in total. The van der Waals surface area contributed by atoms with E-state index < -0.39 is 0 Å². The molecule has 0 aliphatic carbocycles. The second kappa shape index (κ2) is 2.37. The highest BCUT2D eigenvalue weighted by Gasteiger charge is 2.38. The third-order valence-corrected chi connectivity index (χ3v) is 2.44. The average molecular weight is 155 g/mol. The van der Waals surface area contributed by atoms with E-state index in [1.165, 1.54) is 0 Å². The lowest BCUT2D eigenvalue weighted by molar-refractivity contribution is 0.239. The summed E-state index contributed by atoms with van der Waals surface area (Å²) in [6.45, 7) is 2.77. The number of carbonyl (C=O) groups is 1. The van der Waals surface area contributed by atoms with Gasteiger partial charge in [0.05, 0.1) is 5.54 Å². The number of nitrogens with one attached hydrogen (secondary N) is 3. The van der Waals surface area contributed by atoms with E-state index in [9.17, 15) is 4.79 Å². The summed E-state index contributed by atoms with van der Waals surface area (Å²) in [6, 6.07) is -0.0197. The molecule has 1 spiro atoms. The minimum Gasteiger partial charge on any atom is -0.336 e. The first kappa shape index (κ1) is 6.91. The minimum absolute atomic E-state index is 0.0197. The molecular weight excluding hydrogens is 142 g/mol. The Morgan fingerprint density at radius 3 is 2.82 bits per heavy atom. The molecule has 2 aliphatic heterocycles. The molecule has 11 heavy (non-hydrogen) atoms. The molecule has 2 saturated heterocycles. The first-order valence-electron chi connectivity index (χ1n) is 4.08. The molecule has 0 aromatic heterocycles. The molecule has 62 valence electrons. The standard InChI is InChI=1S/C7H13N3O/c11-6-9-5-7(10-6)2-1-3-8-4-7/h8H,1-5H2,(H2,9,10,11). The predicted molar refractivity (Wildman–Crippen MR) is 41.4 cm³/mol. The number of amides is 2. The maximum atomic E-state index is 10.9. The molecule has 0 saturated carbocycles. The topological polar surface area (TPSA) is 53.2 Å². The van der Waals surface area contributed by atoms with E-state index in [0.717, 1.165) is 32.5 Å². The molecule has 0 radical (unpaired) electrons. The van der Waals surface area contributed by atoms with Crippen LogP contribution in [0.2, 0.25) is 0 Å². The molecule has 1 unspecified atom stereocenters. The molecule has 0 bridgehead atoms. The van der Waals surface area contributed by atoms with Crippen LogP contribution >= 0.6 is 0 Å². The van der Waals surface area contributed by atoms with Gasteiger partial charge in [-0.3, -0.25) is 0 Å². The molecule has 3 N–H and O–H groups in total. The zero-order chi connectivity index (χ0) is 7.73. The van der Waals surface area contributed by atoms with Gasteiger partial charge >= 0.3 is 6.03 Å². The van der Waals surface area contributed by atoms with E-state index in [-0.39, 0.29) is 11.6 Å². The van der Waals surface area contributed by atoms with Crippen LogP contribution in [0.25, 0.3) is 0 Å². The molecule has 1 atom stereocenters. The van der Waals surface area contributed by atoms with Gasteiger partial charge in [-0.25, -0.2) is 4.79 Å². The van der Waals surface area contributed by atoms with Crippen molar-refractivity contribution >= 4 is 6.03 Å². The van der Waals surface area contributed by atoms with Gasteiger partial charge in [0.15, 0.2) is 0 Å². The summed E-state index contributed by atoms with van der Waals surface area (Å²) in [7, 11) is 0. The fraction of sp³-hybridized carbons (Fsp3) is 0.857. The largest absolute Gasteiger partial charge is 0.336 e. The quantitative estimate of drug-likeness (QED) is 0.438. The van der Waals surface area contributed by atoms with Crippen molar-refractivity contribution < 1.29 is 4.79 Å². The molecule has 2 amide bonds. The number of carbonyl (C=O) groups excluding carboxylic acids is 1. The first-order chi connectivity index (χ1) is 5.31. The summed E-state index contributed by atoms with van der Waals surface area (Å²) < 4.78 is 0. The van der Waals surface area contributed by atoms with Crippen molar-refractivity contribution in [3.05, 3.63) is 0 Å². The number of hydrogen-bond donors (Lipinski definition) is 3. The van der Waals surface area contributed by atoms with Crippen molar-refractivity contribution in [3.63, 3.8) is 0 Å². The number of piperidine rings is 1. The second-order valence-corrected chi connectivity index (χ2v) is 3.37. The van der Waals surface area contributed by atoms with Crippen LogP contribution in [0.3, 0.4) is 0 Å². The molecular formula is C7H13N3O. The highest BCUT2D eigenvalue weighted by Crippen LogP contribution is 2.17. The van der Waals surface area contributed by atoms with E-state index in [2.05, 4.69) is 16.0 Å². The summed E-state index contributed by atoms with van der Waals surface area (Å²) >= 11 is 0. The van der Waals surface area contributed by atoms with Gasteiger partial charge in [0.25, 0.3) is 0 Å². The maximum Gasteiger partial charge on any atom is 0.315 e. The Bertz CT molecular complexity index is 175. The molecule has 2 fully saturated rings. The van der Waals surface area contributed by atoms with Crippen LogP contribution in [-0.2, 0) is 0 Å². The van der Waals surface area contributed by atoms with E-state index >= 15 is 0 Å². The van der Waals surface area contributed by atoms with Gasteiger partial charge < -0.3 is 16.0 Å². The van der Waals surface area contributed by atoms with Crippen LogP contribution in [-0.4, -0.2) is 31.2 Å². The van der Waals surface area contributed by atoms with E-state index in [4.69, 9.17) is 0 Å². The van der Waals surface area contributed by atoms with Gasteiger partial charge in [-0.1, -0.05) is 0 Å². The van der Waals surface area contributed by atoms with Gasteiger partial charge in [0.2, 0.25) is 0 Å². The van der Waals surface area contributed by atoms with Gasteiger partial charge in [-0.05, 0) is 19.4 Å². The summed E-state index contributed by atoms with van der Waals surface area (Å²) in [6.07, 6.45) is 2.25. The van der Waals surface area contributed by atoms with Crippen LogP contribution in [0, 0.1) is 0 Å². The molecule has 0 aromatic carbocycles. The third kappa shape index (κ3) is 1.18. The van der Waals surface area contributed by atoms with Crippen LogP contribution in [0.5, 0.6) is 0 Å². The summed E-state index contributed by atoms with van der Waals surface area (Å²) in [4.78, 5) is 10.9. The average Bonchev–Trinajstić information content (AvgIpc) is 2.34. The lowest BCUT2D eigenvalue weighted by Crippen LogP contribution is -2.54. The number of urea groups is 1. The van der Waals surface area contributed by atoms with Crippen molar-refractivity contribution in [2.24, 2.45) is 0 Å². The van der Waals surface area contributed by atoms with E-state index in [1.807, 2.05) is 0 Å². The first-order valence-corrected chi connectivity index (χ1v) is 4.08. The molecule has 0 aromatic rings. The lowest BCUT2D eigenvalue weighted by Gasteiger charge is -2.32. The van der Waals surface area contributed by atoms with Crippen molar-refractivity contribution in [1.29, 1.82) is 0 Å². The highest BCUT2D eigenvalue weighted by molar-refractivity contribution is 5.77. The second-order valence-electron chi connectivity index (χ2n) is 3.37. The van der Waals surface area contributed by atoms with Crippen molar-refractivity contribution in [1.82, 2.24) is 16.0 Å². The highest BCUT2D eigenvalue weighted by atomic mass is 16.2. The molecule has 2 rings (SSSR count). The third-order valence-electron chi connectivity index (χ3n) is 2.44. The molecule has 2 heterocycles. The normalized spacial score (nSPS) is 36.9. The SMILES string of the molecule is O=C1NCC2(CCCNC2)N1. The van der Waals surface area contributed by atoms with Crippen LogP contribution in [0.15, 0.2) is 0 Å². The van der Waals surface area contributed by atoms with Gasteiger partial charge in [-0.15, -0.1) is 0 Å². The summed E-state index contributed by atoms with van der Waals surface area (Å²) in [5.74, 6) is 0.